The SMILES string of the molecule is C=Cc1cc(OC)c(OC)cc1C(=O)N(C)C(=O)c1ccc(OC)cc1C. The topological polar surface area (TPSA) is 65.1 Å². The molecule has 6 heteroatoms. The van der Waals surface area contributed by atoms with Crippen molar-refractivity contribution in [3.8, 4) is 17.2 Å². The van der Waals surface area contributed by atoms with Crippen LogP contribution in [0.2, 0.25) is 0 Å². The van der Waals surface area contributed by atoms with Gasteiger partial charge in [-0.05, 0) is 48.4 Å². The predicted octanol–water partition coefficient (Wildman–Crippen LogP) is 3.58. The quantitative estimate of drug-likeness (QED) is 0.728. The van der Waals surface area contributed by atoms with Crippen molar-refractivity contribution in [1.82, 2.24) is 4.90 Å². The van der Waals surface area contributed by atoms with Crippen LogP contribution in [0.3, 0.4) is 0 Å². The van der Waals surface area contributed by atoms with E-state index in [0.717, 1.165) is 10.5 Å². The first kappa shape index (κ1) is 20.0. The Morgan fingerprint density at radius 1 is 0.926 bits per heavy atom. The molecule has 142 valence electrons. The smallest absolute Gasteiger partial charge is 0.261 e. The Labute approximate surface area is 159 Å². The van der Waals surface area contributed by atoms with E-state index in [1.54, 1.807) is 44.4 Å². The summed E-state index contributed by atoms with van der Waals surface area (Å²) in [6.45, 7) is 5.53. The summed E-state index contributed by atoms with van der Waals surface area (Å²) in [4.78, 5) is 26.9. The van der Waals surface area contributed by atoms with Crippen molar-refractivity contribution in [2.75, 3.05) is 28.4 Å². The molecule has 0 saturated carbocycles. The summed E-state index contributed by atoms with van der Waals surface area (Å²) in [5.74, 6) is 0.639. The third-order valence-corrected chi connectivity index (χ3v) is 4.28. The van der Waals surface area contributed by atoms with E-state index in [0.29, 0.717) is 33.9 Å². The lowest BCUT2D eigenvalue weighted by Gasteiger charge is -2.19. The highest BCUT2D eigenvalue weighted by Gasteiger charge is 2.24. The number of aryl methyl sites for hydroxylation is 1. The molecule has 0 bridgehead atoms. The molecule has 0 aromatic heterocycles. The second kappa shape index (κ2) is 8.40. The normalized spacial score (nSPS) is 10.1. The van der Waals surface area contributed by atoms with Crippen LogP contribution in [0, 0.1) is 6.92 Å². The third-order valence-electron chi connectivity index (χ3n) is 4.28. The van der Waals surface area contributed by atoms with Crippen LogP contribution in [0.4, 0.5) is 0 Å². The van der Waals surface area contributed by atoms with Gasteiger partial charge in [-0.1, -0.05) is 12.7 Å². The van der Waals surface area contributed by atoms with Gasteiger partial charge in [0, 0.05) is 12.6 Å². The zero-order chi connectivity index (χ0) is 20.1. The van der Waals surface area contributed by atoms with Crippen LogP contribution in [0.5, 0.6) is 17.2 Å². The molecule has 6 nitrogen and oxygen atoms in total. The summed E-state index contributed by atoms with van der Waals surface area (Å²) in [7, 11) is 5.99. The van der Waals surface area contributed by atoms with Crippen LogP contribution >= 0.6 is 0 Å². The zero-order valence-corrected chi connectivity index (χ0v) is 16.2. The highest BCUT2D eigenvalue weighted by atomic mass is 16.5. The van der Waals surface area contributed by atoms with E-state index in [4.69, 9.17) is 14.2 Å². The van der Waals surface area contributed by atoms with Gasteiger partial charge >= 0.3 is 0 Å². The number of carbonyl (C=O) groups is 2. The molecule has 2 rings (SSSR count). The highest BCUT2D eigenvalue weighted by Crippen LogP contribution is 2.32. The molecular formula is C21H23NO5. The van der Waals surface area contributed by atoms with Crippen LogP contribution in [0.15, 0.2) is 36.9 Å². The number of benzene rings is 2. The van der Waals surface area contributed by atoms with Crippen molar-refractivity contribution < 1.29 is 23.8 Å². The van der Waals surface area contributed by atoms with Crippen LogP contribution in [-0.2, 0) is 0 Å². The second-order valence-corrected chi connectivity index (χ2v) is 5.85. The van der Waals surface area contributed by atoms with Crippen molar-refractivity contribution >= 4 is 17.9 Å². The van der Waals surface area contributed by atoms with Gasteiger partial charge in [-0.25, -0.2) is 0 Å². The van der Waals surface area contributed by atoms with Gasteiger partial charge in [-0.15, -0.1) is 0 Å². The number of ether oxygens (including phenoxy) is 3. The van der Waals surface area contributed by atoms with Gasteiger partial charge in [-0.2, -0.15) is 0 Å². The first-order valence-electron chi connectivity index (χ1n) is 8.23. The maximum Gasteiger partial charge on any atom is 0.261 e. The molecule has 0 heterocycles. The fraction of sp³-hybridized carbons (Fsp3) is 0.238. The van der Waals surface area contributed by atoms with E-state index < -0.39 is 11.8 Å². The summed E-state index contributed by atoms with van der Waals surface area (Å²) in [6.07, 6.45) is 1.53. The Balaban J connectivity index is 2.42. The average Bonchev–Trinajstić information content (AvgIpc) is 2.70. The van der Waals surface area contributed by atoms with Crippen molar-refractivity contribution in [2.45, 2.75) is 6.92 Å². The minimum Gasteiger partial charge on any atom is -0.497 e. The first-order chi connectivity index (χ1) is 12.9. The molecular weight excluding hydrogens is 346 g/mol. The van der Waals surface area contributed by atoms with Gasteiger partial charge in [0.25, 0.3) is 11.8 Å². The molecule has 0 radical (unpaired) electrons. The number of nitrogens with zero attached hydrogens (tertiary/aromatic N) is 1. The molecule has 0 saturated heterocycles. The summed E-state index contributed by atoms with van der Waals surface area (Å²) in [6, 6.07) is 8.27. The number of hydrogen-bond donors (Lipinski definition) is 0. The molecule has 0 aliphatic carbocycles. The highest BCUT2D eigenvalue weighted by molar-refractivity contribution is 6.12. The fourth-order valence-electron chi connectivity index (χ4n) is 2.71. The molecule has 2 aromatic carbocycles. The average molecular weight is 369 g/mol. The van der Waals surface area contributed by atoms with Crippen molar-refractivity contribution in [1.29, 1.82) is 0 Å². The van der Waals surface area contributed by atoms with E-state index in [1.165, 1.54) is 27.3 Å². The molecule has 0 spiro atoms. The number of amides is 2. The van der Waals surface area contributed by atoms with E-state index in [1.807, 2.05) is 0 Å². The van der Waals surface area contributed by atoms with Crippen LogP contribution in [0.25, 0.3) is 6.08 Å². The molecule has 0 aliphatic rings. The first-order valence-corrected chi connectivity index (χ1v) is 8.23. The molecule has 0 atom stereocenters. The molecule has 27 heavy (non-hydrogen) atoms. The number of imide groups is 1. The molecule has 0 N–H and O–H groups in total. The fourth-order valence-corrected chi connectivity index (χ4v) is 2.71. The lowest BCUT2D eigenvalue weighted by atomic mass is 10.0. The predicted molar refractivity (Wildman–Crippen MR) is 104 cm³/mol. The van der Waals surface area contributed by atoms with E-state index in [9.17, 15) is 9.59 Å². The Morgan fingerprint density at radius 2 is 1.52 bits per heavy atom. The van der Waals surface area contributed by atoms with Crippen molar-refractivity contribution in [2.24, 2.45) is 0 Å². The summed E-state index contributed by atoms with van der Waals surface area (Å²) in [5.41, 5.74) is 1.98. The van der Waals surface area contributed by atoms with E-state index >= 15 is 0 Å². The summed E-state index contributed by atoms with van der Waals surface area (Å²) in [5, 5.41) is 0. The Hall–Kier alpha value is -3.28. The molecule has 0 unspecified atom stereocenters. The maximum atomic E-state index is 13.0. The summed E-state index contributed by atoms with van der Waals surface area (Å²) >= 11 is 0. The number of methoxy groups -OCH3 is 3. The maximum absolute atomic E-state index is 13.0. The number of carbonyl (C=O) groups excluding carboxylic acids is 2. The Kier molecular flexibility index (Phi) is 6.23. The number of hydrogen-bond acceptors (Lipinski definition) is 5. The number of rotatable bonds is 6. The second-order valence-electron chi connectivity index (χ2n) is 5.85. The van der Waals surface area contributed by atoms with E-state index in [-0.39, 0.29) is 0 Å². The minimum atomic E-state index is -0.467. The zero-order valence-electron chi connectivity index (χ0n) is 16.2. The Bertz CT molecular complexity index is 888. The lowest BCUT2D eigenvalue weighted by Crippen LogP contribution is -2.34. The van der Waals surface area contributed by atoms with Gasteiger partial charge < -0.3 is 14.2 Å². The van der Waals surface area contributed by atoms with Gasteiger partial charge in [0.05, 0.1) is 26.9 Å². The van der Waals surface area contributed by atoms with Gasteiger partial charge in [-0.3, -0.25) is 14.5 Å². The third kappa shape index (κ3) is 3.95. The molecule has 0 fully saturated rings. The Morgan fingerprint density at radius 3 is 2.04 bits per heavy atom. The minimum absolute atomic E-state index is 0.296. The standard InChI is InChI=1S/C21H23NO5/c1-7-14-11-18(26-5)19(27-6)12-17(14)21(24)22(3)20(23)16-9-8-15(25-4)10-13(16)2/h7-12H,1H2,2-6H3. The van der Waals surface area contributed by atoms with Crippen molar-refractivity contribution in [3.63, 3.8) is 0 Å². The van der Waals surface area contributed by atoms with Crippen LogP contribution in [-0.4, -0.2) is 45.1 Å². The van der Waals surface area contributed by atoms with Crippen molar-refractivity contribution in [3.05, 3.63) is 59.2 Å². The molecule has 0 aliphatic heterocycles. The van der Waals surface area contributed by atoms with Crippen LogP contribution in [0.1, 0.15) is 31.8 Å². The van der Waals surface area contributed by atoms with Gasteiger partial charge in [0.2, 0.25) is 0 Å². The lowest BCUT2D eigenvalue weighted by molar-refractivity contribution is 0.0655. The monoisotopic (exact) mass is 369 g/mol. The van der Waals surface area contributed by atoms with Crippen LogP contribution < -0.4 is 14.2 Å². The van der Waals surface area contributed by atoms with Gasteiger partial charge in [0.15, 0.2) is 11.5 Å². The van der Waals surface area contributed by atoms with Gasteiger partial charge in [0.1, 0.15) is 5.75 Å². The summed E-state index contributed by atoms with van der Waals surface area (Å²) < 4.78 is 15.7. The molecule has 2 amide bonds. The molecule has 2 aromatic rings. The van der Waals surface area contributed by atoms with E-state index in [2.05, 4.69) is 6.58 Å². The largest absolute Gasteiger partial charge is 0.497 e.